The first-order valence-electron chi connectivity index (χ1n) is 6.44. The maximum Gasteiger partial charge on any atom is 0.216 e. The number of aromatic nitrogens is 3. The third-order valence-electron chi connectivity index (χ3n) is 2.46. The van der Waals surface area contributed by atoms with Gasteiger partial charge >= 0.3 is 0 Å². The lowest BCUT2D eigenvalue weighted by atomic mass is 10.3. The van der Waals surface area contributed by atoms with Crippen LogP contribution >= 0.6 is 0 Å². The zero-order valence-corrected chi connectivity index (χ0v) is 11.4. The number of rotatable bonds is 8. The van der Waals surface area contributed by atoms with Gasteiger partial charge in [0.1, 0.15) is 0 Å². The van der Waals surface area contributed by atoms with Crippen LogP contribution in [0, 0.1) is 0 Å². The van der Waals surface area contributed by atoms with Crippen molar-refractivity contribution in [2.24, 2.45) is 0 Å². The van der Waals surface area contributed by atoms with Crippen LogP contribution in [-0.4, -0.2) is 40.0 Å². The van der Waals surface area contributed by atoms with Gasteiger partial charge in [-0.1, -0.05) is 19.1 Å². The molecular weight excluding hydrogens is 230 g/mol. The molecule has 0 atom stereocenters. The van der Waals surface area contributed by atoms with E-state index in [0.29, 0.717) is 12.6 Å². The second-order valence-electron chi connectivity index (χ2n) is 4.67. The number of nitrogens with zero attached hydrogens (tertiary/aromatic N) is 3. The Morgan fingerprint density at radius 1 is 1.44 bits per heavy atom. The van der Waals surface area contributed by atoms with E-state index in [4.69, 9.17) is 0 Å². The van der Waals surface area contributed by atoms with Crippen LogP contribution in [0.2, 0.25) is 0 Å². The summed E-state index contributed by atoms with van der Waals surface area (Å²) >= 11 is 0. The van der Waals surface area contributed by atoms with Gasteiger partial charge in [-0.05, 0) is 6.42 Å². The van der Waals surface area contributed by atoms with E-state index in [-0.39, 0.29) is 5.91 Å². The van der Waals surface area contributed by atoms with Gasteiger partial charge in [0.05, 0.1) is 5.69 Å². The molecule has 1 amide bonds. The Balaban J connectivity index is 2.19. The summed E-state index contributed by atoms with van der Waals surface area (Å²) in [5.74, 6) is 0.00837. The molecule has 0 saturated heterocycles. The smallest absolute Gasteiger partial charge is 0.216 e. The van der Waals surface area contributed by atoms with E-state index < -0.39 is 0 Å². The van der Waals surface area contributed by atoms with E-state index in [1.165, 1.54) is 6.92 Å². The fourth-order valence-corrected chi connectivity index (χ4v) is 1.56. The number of hydrogen-bond acceptors (Lipinski definition) is 4. The first kappa shape index (κ1) is 14.6. The van der Waals surface area contributed by atoms with Crippen molar-refractivity contribution in [1.82, 2.24) is 25.6 Å². The quantitative estimate of drug-likeness (QED) is 0.656. The molecule has 0 spiro atoms. The van der Waals surface area contributed by atoms with Crippen molar-refractivity contribution in [3.63, 3.8) is 0 Å². The van der Waals surface area contributed by atoms with Gasteiger partial charge in [0.25, 0.3) is 0 Å². The average Bonchev–Trinajstić information content (AvgIpc) is 2.72. The molecule has 0 bridgehead atoms. The molecule has 0 aliphatic heterocycles. The summed E-state index contributed by atoms with van der Waals surface area (Å²) < 4.78 is 1.83. The van der Waals surface area contributed by atoms with E-state index in [2.05, 4.69) is 34.8 Å². The zero-order chi connectivity index (χ0) is 13.4. The molecule has 1 aromatic rings. The minimum absolute atomic E-state index is 0.00837. The van der Waals surface area contributed by atoms with Crippen molar-refractivity contribution < 1.29 is 4.79 Å². The number of aryl methyl sites for hydroxylation is 1. The van der Waals surface area contributed by atoms with Gasteiger partial charge in [-0.15, -0.1) is 5.10 Å². The maximum atomic E-state index is 10.7. The summed E-state index contributed by atoms with van der Waals surface area (Å²) in [5, 5.41) is 14.3. The topological polar surface area (TPSA) is 71.8 Å². The van der Waals surface area contributed by atoms with E-state index in [1.807, 2.05) is 10.9 Å². The molecule has 0 saturated carbocycles. The largest absolute Gasteiger partial charge is 0.356 e. The summed E-state index contributed by atoms with van der Waals surface area (Å²) in [5.41, 5.74) is 1.00. The van der Waals surface area contributed by atoms with Crippen LogP contribution in [0.3, 0.4) is 0 Å². The number of carbonyl (C=O) groups is 1. The van der Waals surface area contributed by atoms with Gasteiger partial charge in [0.2, 0.25) is 5.91 Å². The van der Waals surface area contributed by atoms with Crippen molar-refractivity contribution >= 4 is 5.91 Å². The maximum absolute atomic E-state index is 10.7. The molecule has 1 aromatic heterocycles. The van der Waals surface area contributed by atoms with E-state index in [9.17, 15) is 4.79 Å². The van der Waals surface area contributed by atoms with Gasteiger partial charge < -0.3 is 10.6 Å². The molecule has 0 aliphatic rings. The average molecular weight is 253 g/mol. The highest BCUT2D eigenvalue weighted by atomic mass is 16.1. The number of carbonyl (C=O) groups excluding carboxylic acids is 1. The Kier molecular flexibility index (Phi) is 6.35. The molecule has 2 N–H and O–H groups in total. The summed E-state index contributed by atoms with van der Waals surface area (Å²) in [6.45, 7) is 8.15. The van der Waals surface area contributed by atoms with Crippen molar-refractivity contribution in [3.05, 3.63) is 11.9 Å². The minimum Gasteiger partial charge on any atom is -0.356 e. The van der Waals surface area contributed by atoms with Crippen LogP contribution in [0.15, 0.2) is 6.20 Å². The third kappa shape index (κ3) is 6.34. The van der Waals surface area contributed by atoms with Gasteiger partial charge in [-0.2, -0.15) is 0 Å². The van der Waals surface area contributed by atoms with Crippen LogP contribution in [0.1, 0.15) is 32.9 Å². The molecule has 0 unspecified atom stereocenters. The highest BCUT2D eigenvalue weighted by molar-refractivity contribution is 5.72. The number of hydrogen-bond donors (Lipinski definition) is 2. The predicted octanol–water partition coefficient (Wildman–Crippen LogP) is 0.345. The normalized spacial score (nSPS) is 10.9. The van der Waals surface area contributed by atoms with Gasteiger partial charge in [-0.25, -0.2) is 0 Å². The molecule has 6 nitrogen and oxygen atoms in total. The predicted molar refractivity (Wildman–Crippen MR) is 70.2 cm³/mol. The minimum atomic E-state index is 0.00837. The second-order valence-corrected chi connectivity index (χ2v) is 4.67. The van der Waals surface area contributed by atoms with Crippen LogP contribution < -0.4 is 10.6 Å². The molecule has 102 valence electrons. The van der Waals surface area contributed by atoms with Gasteiger partial charge in [0.15, 0.2) is 0 Å². The molecule has 1 rings (SSSR count). The van der Waals surface area contributed by atoms with Crippen LogP contribution in [0.5, 0.6) is 0 Å². The second kappa shape index (κ2) is 7.81. The van der Waals surface area contributed by atoms with Crippen molar-refractivity contribution in [2.75, 3.05) is 13.1 Å². The van der Waals surface area contributed by atoms with Crippen molar-refractivity contribution in [1.29, 1.82) is 0 Å². The molecular formula is C12H23N5O. The summed E-state index contributed by atoms with van der Waals surface area (Å²) in [6, 6.07) is 0.498. The summed E-state index contributed by atoms with van der Waals surface area (Å²) in [7, 11) is 0. The van der Waals surface area contributed by atoms with E-state index >= 15 is 0 Å². The van der Waals surface area contributed by atoms with Crippen LogP contribution in [-0.2, 0) is 17.8 Å². The number of amides is 1. The summed E-state index contributed by atoms with van der Waals surface area (Å²) in [4.78, 5) is 10.7. The Morgan fingerprint density at radius 2 is 2.22 bits per heavy atom. The first-order chi connectivity index (χ1) is 8.58. The molecule has 6 heteroatoms. The van der Waals surface area contributed by atoms with Crippen molar-refractivity contribution in [3.8, 4) is 0 Å². The Labute approximate surface area is 108 Å². The lowest BCUT2D eigenvalue weighted by molar-refractivity contribution is -0.118. The van der Waals surface area contributed by atoms with Crippen LogP contribution in [0.4, 0.5) is 0 Å². The molecule has 0 radical (unpaired) electrons. The highest BCUT2D eigenvalue weighted by Gasteiger charge is 2.01. The fourth-order valence-electron chi connectivity index (χ4n) is 1.56. The van der Waals surface area contributed by atoms with E-state index in [0.717, 1.165) is 31.6 Å². The molecule has 1 heterocycles. The Bertz CT molecular complexity index is 361. The highest BCUT2D eigenvalue weighted by Crippen LogP contribution is 1.95. The third-order valence-corrected chi connectivity index (χ3v) is 2.46. The molecule has 0 fully saturated rings. The zero-order valence-electron chi connectivity index (χ0n) is 11.4. The lowest BCUT2D eigenvalue weighted by Gasteiger charge is -2.05. The monoisotopic (exact) mass is 253 g/mol. The Hall–Kier alpha value is -1.43. The van der Waals surface area contributed by atoms with E-state index in [1.54, 1.807) is 0 Å². The molecule has 0 aromatic carbocycles. The summed E-state index contributed by atoms with van der Waals surface area (Å²) in [6.07, 6.45) is 3.73. The Morgan fingerprint density at radius 3 is 2.89 bits per heavy atom. The molecule has 0 aliphatic carbocycles. The van der Waals surface area contributed by atoms with Crippen LogP contribution in [0.25, 0.3) is 0 Å². The van der Waals surface area contributed by atoms with Gasteiger partial charge in [0, 0.05) is 45.2 Å². The fraction of sp³-hybridized carbons (Fsp3) is 0.750. The van der Waals surface area contributed by atoms with Gasteiger partial charge in [-0.3, -0.25) is 9.48 Å². The number of nitrogens with one attached hydrogen (secondary N) is 2. The molecule has 18 heavy (non-hydrogen) atoms. The SMILES string of the molecule is CC(=O)NCCCn1cc(CCNC(C)C)nn1. The lowest BCUT2D eigenvalue weighted by Crippen LogP contribution is -2.25. The standard InChI is InChI=1S/C12H23N5O/c1-10(2)13-7-5-12-9-17(16-15-12)8-4-6-14-11(3)18/h9-10,13H,4-8H2,1-3H3,(H,14,18). The first-order valence-corrected chi connectivity index (χ1v) is 6.44. The van der Waals surface area contributed by atoms with Crippen molar-refractivity contribution in [2.45, 2.75) is 46.2 Å².